The second-order valence-corrected chi connectivity index (χ2v) is 15.2. The van der Waals surface area contributed by atoms with Crippen molar-refractivity contribution in [2.24, 2.45) is 20.5 Å². The van der Waals surface area contributed by atoms with E-state index in [1.165, 1.54) is 31.2 Å². The summed E-state index contributed by atoms with van der Waals surface area (Å²) in [6.45, 7) is 1.52. The minimum Gasteiger partial charge on any atom is -0.871 e. The van der Waals surface area contributed by atoms with E-state index in [2.05, 4.69) is 25.6 Å². The summed E-state index contributed by atoms with van der Waals surface area (Å²) < 4.78 is 65.2. The largest absolute Gasteiger partial charge is 3.00 e. The van der Waals surface area contributed by atoms with Gasteiger partial charge >= 0.3 is 17.4 Å². The minimum atomic E-state index is -4.82. The second-order valence-electron chi connectivity index (χ2n) is 12.3. The van der Waals surface area contributed by atoms with Gasteiger partial charge in [0.1, 0.15) is 16.3 Å². The predicted molar refractivity (Wildman–Crippen MR) is 207 cm³/mol. The Labute approximate surface area is 352 Å². The zero-order valence-electron chi connectivity index (χ0n) is 30.5. The first-order chi connectivity index (χ1) is 28.2. The van der Waals surface area contributed by atoms with Crippen LogP contribution in [-0.2, 0) is 37.6 Å². The number of nitrogens with zero attached hydrogens (tertiary/aromatic N) is 7. The first kappa shape index (κ1) is 44.7. The average Bonchev–Trinajstić information content (AvgIpc) is 3.48. The number of aromatic nitrogens is 2. The number of aryl methyl sites for hydroxylation is 1. The molecule has 0 aliphatic heterocycles. The van der Waals surface area contributed by atoms with Crippen molar-refractivity contribution in [3.8, 4) is 22.9 Å². The first-order valence-electron chi connectivity index (χ1n) is 16.5. The molecule has 0 bridgehead atoms. The predicted octanol–water partition coefficient (Wildman–Crippen LogP) is 6.46. The van der Waals surface area contributed by atoms with Gasteiger partial charge in [0.05, 0.1) is 37.5 Å². The minimum absolute atomic E-state index is 0. The van der Waals surface area contributed by atoms with Crippen LogP contribution in [0, 0.1) is 27.2 Å². The molecule has 0 amide bonds. The van der Waals surface area contributed by atoms with Crippen LogP contribution in [0.1, 0.15) is 5.69 Å². The van der Waals surface area contributed by atoms with Crippen LogP contribution in [0.15, 0.2) is 138 Å². The Bertz CT molecular complexity index is 3250. The molecule has 0 aliphatic rings. The van der Waals surface area contributed by atoms with Gasteiger partial charge in [0.2, 0.25) is 0 Å². The second kappa shape index (κ2) is 17.4. The maximum absolute atomic E-state index is 12.6. The molecule has 7 rings (SSSR count). The maximum Gasteiger partial charge on any atom is 3.00 e. The van der Waals surface area contributed by atoms with Crippen molar-refractivity contribution >= 4 is 75.9 Å². The molecule has 1 heterocycles. The van der Waals surface area contributed by atoms with Crippen molar-refractivity contribution in [1.82, 2.24) is 9.78 Å². The topological polar surface area (TPSA) is 349 Å². The molecular weight excluding hydrogens is 885 g/mol. The number of aromatic amines is 1. The summed E-state index contributed by atoms with van der Waals surface area (Å²) in [5.41, 5.74) is -1.54. The molecule has 0 fully saturated rings. The van der Waals surface area contributed by atoms with E-state index < -0.39 is 63.5 Å². The van der Waals surface area contributed by atoms with Gasteiger partial charge in [-0.1, -0.05) is 54.0 Å². The van der Waals surface area contributed by atoms with Crippen molar-refractivity contribution in [1.29, 1.82) is 0 Å². The number of nitro benzene ring substituents is 2. The van der Waals surface area contributed by atoms with E-state index in [1.54, 1.807) is 30.3 Å². The van der Waals surface area contributed by atoms with E-state index in [9.17, 15) is 61.7 Å². The third-order valence-electron chi connectivity index (χ3n) is 8.48. The number of benzene rings is 6. The number of hydrogen-bond acceptors (Lipinski definition) is 16. The van der Waals surface area contributed by atoms with E-state index in [0.29, 0.717) is 5.39 Å². The van der Waals surface area contributed by atoms with Crippen LogP contribution in [0.5, 0.6) is 17.2 Å². The van der Waals surface area contributed by atoms with E-state index in [0.717, 1.165) is 58.6 Å². The van der Waals surface area contributed by atoms with Gasteiger partial charge in [-0.25, -0.2) is 4.68 Å². The number of rotatable bonds is 9. The summed E-state index contributed by atoms with van der Waals surface area (Å²) in [5.74, 6) is -1.67. The number of H-pyrrole nitrogens is 1. The average molecular weight is 909 g/mol. The molecule has 0 unspecified atom stereocenters. The van der Waals surface area contributed by atoms with Crippen LogP contribution in [0.2, 0.25) is 0 Å². The third-order valence-corrected chi connectivity index (χ3v) is 10.2. The van der Waals surface area contributed by atoms with E-state index in [1.807, 2.05) is 0 Å². The van der Waals surface area contributed by atoms with Gasteiger partial charge in [0, 0.05) is 46.5 Å². The Kier molecular flexibility index (Phi) is 12.8. The molecule has 6 aromatic carbocycles. The van der Waals surface area contributed by atoms with Gasteiger partial charge in [0.15, 0.2) is 5.69 Å². The number of phenols is 1. The Morgan fingerprint density at radius 3 is 1.89 bits per heavy atom. The summed E-state index contributed by atoms with van der Waals surface area (Å²) in [6, 6.07) is 21.6. The number of non-ortho nitro benzene ring substituents is 2. The molecule has 7 aromatic rings. The summed E-state index contributed by atoms with van der Waals surface area (Å²) in [5, 5.41) is 75.4. The molecule has 4 N–H and O–H groups in total. The van der Waals surface area contributed by atoms with Crippen LogP contribution in [0.3, 0.4) is 0 Å². The monoisotopic (exact) mass is 908 g/mol. The third kappa shape index (κ3) is 9.58. The molecule has 309 valence electrons. The molecule has 61 heavy (non-hydrogen) atoms. The van der Waals surface area contributed by atoms with Crippen LogP contribution >= 0.6 is 0 Å². The molecule has 22 nitrogen and oxygen atoms in total. The Balaban J connectivity index is 0.000000228. The molecule has 0 spiro atoms. The van der Waals surface area contributed by atoms with E-state index in [-0.39, 0.29) is 72.8 Å². The molecule has 1 aromatic heterocycles. The smallest absolute Gasteiger partial charge is 0.871 e. The molecule has 25 heteroatoms. The van der Waals surface area contributed by atoms with Crippen molar-refractivity contribution < 1.29 is 68.5 Å². The van der Waals surface area contributed by atoms with Gasteiger partial charge in [-0.3, -0.25) is 39.2 Å². The van der Waals surface area contributed by atoms with Crippen LogP contribution in [0.25, 0.3) is 27.2 Å². The summed E-state index contributed by atoms with van der Waals surface area (Å²) in [4.78, 5) is 32.0. The number of hydrogen-bond donors (Lipinski definition) is 4. The van der Waals surface area contributed by atoms with Crippen molar-refractivity contribution in [2.75, 3.05) is 0 Å². The zero-order chi connectivity index (χ0) is 43.7. The standard InChI is InChI=1S/C20H13N3O7S.C16H13N5O7S.Cr/c24-16-8-5-11-3-1-2-4-13(11)19(16)21-22-20-14-7-6-12(23(26)27)9-15(14)18(10-17(20)25)31(28,29)30;1-9-15(18-17-13-8-11(21(24)25)4-7-14(13)22)16(23)20(19-9)10-2-5-12(6-3-10)29(26,27)28;/h1-10,24-25H,(H,28,29,30);2-8,19,22H,1H3,(H,26,27,28);/q;;+3/p-2. The fourth-order valence-electron chi connectivity index (χ4n) is 5.63. The number of aromatic hydroxyl groups is 1. The quantitative estimate of drug-likeness (QED) is 0.0523. The Hall–Kier alpha value is -7.40. The fraction of sp³-hybridized carbons (Fsp3) is 0.0278. The number of nitrogens with one attached hydrogen (secondary N) is 1. The van der Waals surface area contributed by atoms with Gasteiger partial charge in [-0.15, -0.1) is 10.2 Å². The van der Waals surface area contributed by atoms with E-state index >= 15 is 0 Å². The number of fused-ring (bicyclic) bond motifs is 2. The molecule has 0 saturated carbocycles. The van der Waals surface area contributed by atoms with Gasteiger partial charge < -0.3 is 15.3 Å². The molecule has 0 aliphatic carbocycles. The van der Waals surface area contributed by atoms with Crippen LogP contribution in [0.4, 0.5) is 34.1 Å². The molecular formula is C36H24CrN8O14S2+. The fourth-order valence-corrected chi connectivity index (χ4v) is 6.81. The number of phenolic OH excluding ortho intramolecular Hbond substituents is 1. The van der Waals surface area contributed by atoms with Gasteiger partial charge in [-0.05, 0) is 42.6 Å². The first-order valence-corrected chi connectivity index (χ1v) is 19.4. The Morgan fingerprint density at radius 2 is 1.25 bits per heavy atom. The molecule has 0 atom stereocenters. The van der Waals surface area contributed by atoms with E-state index in [4.69, 9.17) is 4.55 Å². The van der Waals surface area contributed by atoms with Gasteiger partial charge in [0.25, 0.3) is 37.2 Å². The molecule has 1 radical (unpaired) electrons. The SMILES string of the molecule is Cc1[nH]n(-c2ccc(S(=O)(=O)O)cc2)c(=O)c1N=Nc1cc([N+](=O)[O-])ccc1[O-].O=[N+]([O-])c1ccc2c(N=Nc3c([O-])ccc4ccccc34)c(O)cc(S(=O)(=O)O)c2c1.[Cr+3]. The Morgan fingerprint density at radius 1 is 0.656 bits per heavy atom. The number of azo groups is 2. The van der Waals surface area contributed by atoms with Crippen LogP contribution < -0.4 is 15.8 Å². The van der Waals surface area contributed by atoms with Crippen LogP contribution in [-0.4, -0.2) is 50.7 Å². The molecule has 0 saturated heterocycles. The summed E-state index contributed by atoms with van der Waals surface area (Å²) >= 11 is 0. The zero-order valence-corrected chi connectivity index (χ0v) is 33.4. The van der Waals surface area contributed by atoms with Crippen molar-refractivity contribution in [3.63, 3.8) is 0 Å². The van der Waals surface area contributed by atoms with Gasteiger partial charge in [-0.2, -0.15) is 27.1 Å². The maximum atomic E-state index is 12.6. The normalized spacial score (nSPS) is 11.7. The summed E-state index contributed by atoms with van der Waals surface area (Å²) in [6.07, 6.45) is 0. The summed E-state index contributed by atoms with van der Waals surface area (Å²) in [7, 11) is -9.20. The van der Waals surface area contributed by atoms with Crippen molar-refractivity contribution in [3.05, 3.63) is 139 Å². The number of nitro groups is 2. The van der Waals surface area contributed by atoms with Crippen molar-refractivity contribution in [2.45, 2.75) is 16.7 Å².